The molecule has 2 heterocycles. The Hall–Kier alpha value is -2.20. The van der Waals surface area contributed by atoms with Crippen molar-refractivity contribution >= 4 is 11.6 Å². The third kappa shape index (κ3) is 2.67. The Morgan fingerprint density at radius 2 is 1.90 bits per heavy atom. The van der Waals surface area contributed by atoms with Gasteiger partial charge in [-0.3, -0.25) is 0 Å². The van der Waals surface area contributed by atoms with Crippen molar-refractivity contribution in [1.82, 2.24) is 19.7 Å². The molecule has 106 valence electrons. The first kappa shape index (κ1) is 13.8. The lowest BCUT2D eigenvalue weighted by Gasteiger charge is -2.06. The van der Waals surface area contributed by atoms with Gasteiger partial charge in [0.15, 0.2) is 5.82 Å². The zero-order chi connectivity index (χ0) is 14.8. The van der Waals surface area contributed by atoms with Crippen LogP contribution in [0, 0.1) is 6.92 Å². The van der Waals surface area contributed by atoms with Crippen molar-refractivity contribution < 1.29 is 0 Å². The summed E-state index contributed by atoms with van der Waals surface area (Å²) in [7, 11) is 0. The van der Waals surface area contributed by atoms with Crippen LogP contribution in [-0.2, 0) is 6.42 Å². The van der Waals surface area contributed by atoms with Gasteiger partial charge in [-0.25, -0.2) is 14.6 Å². The molecule has 1 aromatic carbocycles. The molecule has 0 fully saturated rings. The molecule has 0 saturated carbocycles. The monoisotopic (exact) mass is 298 g/mol. The van der Waals surface area contributed by atoms with E-state index in [0.29, 0.717) is 11.0 Å². The minimum atomic E-state index is 0.504. The first-order chi connectivity index (χ1) is 10.2. The van der Waals surface area contributed by atoms with Gasteiger partial charge < -0.3 is 0 Å². The predicted molar refractivity (Wildman–Crippen MR) is 83.7 cm³/mol. The molecule has 0 unspecified atom stereocenters. The van der Waals surface area contributed by atoms with E-state index < -0.39 is 0 Å². The minimum absolute atomic E-state index is 0.504. The Kier molecular flexibility index (Phi) is 3.71. The van der Waals surface area contributed by atoms with Crippen LogP contribution in [-0.4, -0.2) is 19.7 Å². The van der Waals surface area contributed by atoms with Gasteiger partial charge in [0.1, 0.15) is 5.15 Å². The van der Waals surface area contributed by atoms with Crippen molar-refractivity contribution in [2.75, 3.05) is 0 Å². The fourth-order valence-electron chi connectivity index (χ4n) is 2.17. The van der Waals surface area contributed by atoms with E-state index in [2.05, 4.69) is 22.0 Å². The van der Waals surface area contributed by atoms with Crippen LogP contribution in [0.5, 0.6) is 0 Å². The summed E-state index contributed by atoms with van der Waals surface area (Å²) in [4.78, 5) is 8.94. The lowest BCUT2D eigenvalue weighted by atomic mass is 10.2. The number of nitrogens with zero attached hydrogens (tertiary/aromatic N) is 4. The number of hydrogen-bond donors (Lipinski definition) is 0. The second-order valence-corrected chi connectivity index (χ2v) is 5.13. The highest BCUT2D eigenvalue weighted by Gasteiger charge is 2.11. The number of aryl methyl sites for hydroxylation is 1. The van der Waals surface area contributed by atoms with Crippen LogP contribution in [0.4, 0.5) is 0 Å². The summed E-state index contributed by atoms with van der Waals surface area (Å²) in [5.74, 6) is 0.615. The van der Waals surface area contributed by atoms with E-state index >= 15 is 0 Å². The third-order valence-corrected chi connectivity index (χ3v) is 3.75. The summed E-state index contributed by atoms with van der Waals surface area (Å²) in [6.07, 6.45) is 4.50. The molecular formula is C16H15ClN4. The first-order valence-corrected chi connectivity index (χ1v) is 7.20. The third-order valence-electron chi connectivity index (χ3n) is 3.38. The highest BCUT2D eigenvalue weighted by Crippen LogP contribution is 2.22. The van der Waals surface area contributed by atoms with Gasteiger partial charge in [-0.15, -0.1) is 0 Å². The second-order valence-electron chi connectivity index (χ2n) is 4.77. The average molecular weight is 299 g/mol. The normalized spacial score (nSPS) is 10.8. The van der Waals surface area contributed by atoms with Crippen molar-refractivity contribution in [3.8, 4) is 17.1 Å². The zero-order valence-corrected chi connectivity index (χ0v) is 12.7. The molecule has 21 heavy (non-hydrogen) atoms. The summed E-state index contributed by atoms with van der Waals surface area (Å²) >= 11 is 6.19. The highest BCUT2D eigenvalue weighted by atomic mass is 35.5. The lowest BCUT2D eigenvalue weighted by molar-refractivity contribution is 0.880. The van der Waals surface area contributed by atoms with Crippen LogP contribution in [0.1, 0.15) is 18.2 Å². The maximum absolute atomic E-state index is 6.19. The van der Waals surface area contributed by atoms with Gasteiger partial charge in [0.05, 0.1) is 17.4 Å². The summed E-state index contributed by atoms with van der Waals surface area (Å²) in [5.41, 5.74) is 3.77. The van der Waals surface area contributed by atoms with Crippen LogP contribution in [0.15, 0.2) is 42.7 Å². The van der Waals surface area contributed by atoms with Gasteiger partial charge >= 0.3 is 0 Å². The average Bonchev–Trinajstić information content (AvgIpc) is 3.00. The van der Waals surface area contributed by atoms with E-state index in [1.807, 2.05) is 43.5 Å². The Bertz CT molecular complexity index is 765. The van der Waals surface area contributed by atoms with Crippen molar-refractivity contribution in [1.29, 1.82) is 0 Å². The Labute approximate surface area is 128 Å². The van der Waals surface area contributed by atoms with Gasteiger partial charge in [0.2, 0.25) is 0 Å². The molecule has 5 heteroatoms. The van der Waals surface area contributed by atoms with E-state index in [1.165, 1.54) is 0 Å². The fourth-order valence-corrected chi connectivity index (χ4v) is 2.36. The van der Waals surface area contributed by atoms with E-state index in [0.717, 1.165) is 28.9 Å². The van der Waals surface area contributed by atoms with Crippen LogP contribution in [0.2, 0.25) is 5.15 Å². The van der Waals surface area contributed by atoms with Crippen LogP contribution in [0.3, 0.4) is 0 Å². The topological polar surface area (TPSA) is 43.6 Å². The van der Waals surface area contributed by atoms with Crippen LogP contribution < -0.4 is 0 Å². The number of para-hydroxylation sites is 1. The molecule has 0 atom stereocenters. The summed E-state index contributed by atoms with van der Waals surface area (Å²) in [6, 6.07) is 9.93. The molecule has 0 bridgehead atoms. The molecule has 0 N–H and O–H groups in total. The molecule has 2 aromatic heterocycles. The Morgan fingerprint density at radius 3 is 2.62 bits per heavy atom. The molecule has 3 rings (SSSR count). The highest BCUT2D eigenvalue weighted by molar-refractivity contribution is 6.30. The van der Waals surface area contributed by atoms with Gasteiger partial charge in [-0.2, -0.15) is 5.10 Å². The Morgan fingerprint density at radius 1 is 1.14 bits per heavy atom. The van der Waals surface area contributed by atoms with E-state index in [-0.39, 0.29) is 0 Å². The lowest BCUT2D eigenvalue weighted by Crippen LogP contribution is -1.99. The molecular weight excluding hydrogens is 284 g/mol. The molecule has 0 aliphatic carbocycles. The first-order valence-electron chi connectivity index (χ1n) is 6.82. The largest absolute Gasteiger partial charge is 0.240 e. The van der Waals surface area contributed by atoms with E-state index in [1.54, 1.807) is 10.9 Å². The maximum Gasteiger partial charge on any atom is 0.164 e. The summed E-state index contributed by atoms with van der Waals surface area (Å²) in [5, 5.41) is 4.87. The molecule has 0 saturated heterocycles. The zero-order valence-electron chi connectivity index (χ0n) is 11.9. The van der Waals surface area contributed by atoms with Crippen molar-refractivity contribution in [2.45, 2.75) is 20.3 Å². The smallest absolute Gasteiger partial charge is 0.164 e. The van der Waals surface area contributed by atoms with E-state index in [9.17, 15) is 0 Å². The quantitative estimate of drug-likeness (QED) is 0.690. The number of halogens is 1. The number of rotatable bonds is 3. The van der Waals surface area contributed by atoms with Crippen molar-refractivity contribution in [3.05, 3.63) is 59.1 Å². The predicted octanol–water partition coefficient (Wildman–Crippen LogP) is 3.85. The maximum atomic E-state index is 6.19. The molecule has 0 radical (unpaired) electrons. The van der Waals surface area contributed by atoms with Gasteiger partial charge in [0.25, 0.3) is 0 Å². The van der Waals surface area contributed by atoms with E-state index in [4.69, 9.17) is 11.6 Å². The molecule has 0 amide bonds. The van der Waals surface area contributed by atoms with Crippen LogP contribution >= 0.6 is 11.6 Å². The number of benzene rings is 1. The van der Waals surface area contributed by atoms with Gasteiger partial charge in [-0.05, 0) is 25.5 Å². The van der Waals surface area contributed by atoms with Crippen molar-refractivity contribution in [2.24, 2.45) is 0 Å². The molecule has 4 nitrogen and oxygen atoms in total. The van der Waals surface area contributed by atoms with Crippen molar-refractivity contribution in [3.63, 3.8) is 0 Å². The SMILES string of the molecule is CCc1nc(-c2cnn(-c3ccccc3)c2)nc(Cl)c1C. The Balaban J connectivity index is 2.03. The second kappa shape index (κ2) is 5.66. The summed E-state index contributed by atoms with van der Waals surface area (Å²) in [6.45, 7) is 4.00. The minimum Gasteiger partial charge on any atom is -0.240 e. The molecule has 3 aromatic rings. The molecule has 0 aliphatic rings. The molecule has 0 aliphatic heterocycles. The van der Waals surface area contributed by atoms with Crippen LogP contribution in [0.25, 0.3) is 17.1 Å². The van der Waals surface area contributed by atoms with Gasteiger partial charge in [0, 0.05) is 17.5 Å². The molecule has 0 spiro atoms. The standard InChI is InChI=1S/C16H15ClN4/c1-3-14-11(2)15(17)20-16(19-14)12-9-18-21(10-12)13-7-5-4-6-8-13/h4-10H,3H2,1-2H3. The number of hydrogen-bond acceptors (Lipinski definition) is 3. The number of aromatic nitrogens is 4. The fraction of sp³-hybridized carbons (Fsp3) is 0.188. The van der Waals surface area contributed by atoms with Gasteiger partial charge in [-0.1, -0.05) is 36.7 Å². The summed E-state index contributed by atoms with van der Waals surface area (Å²) < 4.78 is 1.80.